The van der Waals surface area contributed by atoms with Crippen LogP contribution < -0.4 is 25.5 Å². The third kappa shape index (κ3) is 10.9. The molecule has 57 heavy (non-hydrogen) atoms. The lowest BCUT2D eigenvalue weighted by molar-refractivity contribution is -0.142. The first-order valence-corrected chi connectivity index (χ1v) is 20.7. The highest BCUT2D eigenvalue weighted by Gasteiger charge is 2.43. The van der Waals surface area contributed by atoms with Crippen molar-refractivity contribution in [3.63, 3.8) is 0 Å². The second kappa shape index (κ2) is 18.2. The van der Waals surface area contributed by atoms with Gasteiger partial charge in [-0.1, -0.05) is 76.3 Å². The second-order valence-corrected chi connectivity index (χ2v) is 17.8. The number of rotatable bonds is 16. The number of carbonyl (C=O) groups excluding carboxylic acids is 4. The zero-order valence-electron chi connectivity index (χ0n) is 33.1. The number of sulfonamides is 1. The first-order chi connectivity index (χ1) is 27.0. The summed E-state index contributed by atoms with van der Waals surface area (Å²) in [4.78, 5) is 71.2. The van der Waals surface area contributed by atoms with Gasteiger partial charge in [-0.15, -0.1) is 6.58 Å². The van der Waals surface area contributed by atoms with Gasteiger partial charge in [0.15, 0.2) is 5.43 Å². The Morgan fingerprint density at radius 3 is 2.40 bits per heavy atom. The number of ether oxygens (including phenoxy) is 2. The smallest absolute Gasteiger partial charge is 0.407 e. The summed E-state index contributed by atoms with van der Waals surface area (Å²) in [5, 5.41) is 5.22. The number of nitrogens with zero attached hydrogens (tertiary/aromatic N) is 1. The van der Waals surface area contributed by atoms with Crippen LogP contribution in [-0.2, 0) is 29.1 Å². The average Bonchev–Trinajstić information content (AvgIpc) is 3.93. The molecule has 0 spiro atoms. The number of amides is 4. The maximum absolute atomic E-state index is 14.0. The number of likely N-dealkylation sites (tertiary alicyclic amines) is 1. The van der Waals surface area contributed by atoms with E-state index in [1.54, 1.807) is 46.1 Å². The number of aromatic nitrogens is 1. The maximum atomic E-state index is 14.0. The fourth-order valence-corrected chi connectivity index (χ4v) is 8.05. The molecule has 5 rings (SSSR count). The molecule has 1 aliphatic heterocycles. The molecule has 2 fully saturated rings. The Kier molecular flexibility index (Phi) is 13.6. The molecule has 4 N–H and O–H groups in total. The highest BCUT2D eigenvalue weighted by molar-refractivity contribution is 7.90. The van der Waals surface area contributed by atoms with Crippen molar-refractivity contribution in [2.24, 2.45) is 11.3 Å². The van der Waals surface area contributed by atoms with E-state index in [9.17, 15) is 32.4 Å². The standard InChI is InChI=1S/C42H53N5O9S/c1-7-13-31(38(49)46-57(53,54)29-19-20-29)44-39(50)34-18-12-21-47(34)40(51)37(42(3,4)5)45-41(52)56-25-26(2)14-11-17-28-22-30-33(24-36(28)55-6)43-32(23-35(30)48)27-15-9-8-10-16-27/h7-11,15-17,22-24,26,29,31,34,37H,1,12-14,18-21,25H2,2-6H3,(H,43,48)(H,44,50)(H,45,52)(H,46,49)/b17-11+/t26?,31?,34-,37+/m0/s1. The number of methoxy groups -OCH3 is 1. The number of fused-ring (bicyclic) bond motifs is 1. The minimum Gasteiger partial charge on any atom is -0.496 e. The first kappa shape index (κ1) is 42.7. The van der Waals surface area contributed by atoms with Crippen LogP contribution in [0.15, 0.2) is 72.1 Å². The van der Waals surface area contributed by atoms with E-state index in [-0.39, 0.29) is 30.9 Å². The Balaban J connectivity index is 1.17. The molecule has 4 atom stereocenters. The van der Waals surface area contributed by atoms with Gasteiger partial charge in [0.2, 0.25) is 21.8 Å². The SMILES string of the molecule is C=CCC(NC(=O)[C@@H]1CCCN1C(=O)[C@@H](NC(=O)OCC(C)C/C=C/c1cc2c(=O)cc(-c3ccccc3)[nH]c2cc1OC)C(C)(C)C)C(=O)NS(=O)(=O)C1CC1. The molecule has 1 aromatic heterocycles. The van der Waals surface area contributed by atoms with E-state index in [1.807, 2.05) is 49.4 Å². The summed E-state index contributed by atoms with van der Waals surface area (Å²) in [6.45, 7) is 11.2. The summed E-state index contributed by atoms with van der Waals surface area (Å²) in [7, 11) is -2.27. The molecule has 2 aliphatic rings. The molecule has 1 aliphatic carbocycles. The van der Waals surface area contributed by atoms with Gasteiger partial charge in [0, 0.05) is 35.3 Å². The third-order valence-corrected chi connectivity index (χ3v) is 11.9. The lowest BCUT2D eigenvalue weighted by Crippen LogP contribution is -2.59. The number of pyridine rings is 1. The van der Waals surface area contributed by atoms with Crippen LogP contribution in [0.4, 0.5) is 4.79 Å². The molecule has 1 saturated heterocycles. The Morgan fingerprint density at radius 1 is 1.04 bits per heavy atom. The fraction of sp³-hybridized carbons (Fsp3) is 0.452. The predicted octanol–water partition coefficient (Wildman–Crippen LogP) is 5.04. The highest BCUT2D eigenvalue weighted by atomic mass is 32.2. The monoisotopic (exact) mass is 803 g/mol. The van der Waals surface area contributed by atoms with Gasteiger partial charge in [0.05, 0.1) is 24.5 Å². The number of carbonyl (C=O) groups is 4. The van der Waals surface area contributed by atoms with E-state index in [0.29, 0.717) is 54.5 Å². The molecule has 2 unspecified atom stereocenters. The molecule has 0 radical (unpaired) electrons. The van der Waals surface area contributed by atoms with Crippen LogP contribution in [0.5, 0.6) is 5.75 Å². The van der Waals surface area contributed by atoms with Gasteiger partial charge in [0.25, 0.3) is 5.91 Å². The van der Waals surface area contributed by atoms with Crippen LogP contribution in [0.1, 0.15) is 71.8 Å². The number of allylic oxidation sites excluding steroid dienone is 1. The molecule has 3 aromatic rings. The zero-order valence-corrected chi connectivity index (χ0v) is 33.9. The van der Waals surface area contributed by atoms with E-state index in [4.69, 9.17) is 9.47 Å². The summed E-state index contributed by atoms with van der Waals surface area (Å²) < 4.78 is 38.0. The molecular weight excluding hydrogens is 751 g/mol. The average molecular weight is 804 g/mol. The van der Waals surface area contributed by atoms with Crippen LogP contribution in [0.25, 0.3) is 28.2 Å². The normalized spacial score (nSPS) is 17.4. The van der Waals surface area contributed by atoms with E-state index < -0.39 is 62.6 Å². The number of aromatic amines is 1. The van der Waals surface area contributed by atoms with E-state index in [1.165, 1.54) is 11.0 Å². The molecule has 2 aromatic carbocycles. The zero-order chi connectivity index (χ0) is 41.5. The van der Waals surface area contributed by atoms with Gasteiger partial charge in [-0.25, -0.2) is 13.2 Å². The van der Waals surface area contributed by atoms with Gasteiger partial charge < -0.3 is 30.0 Å². The highest BCUT2D eigenvalue weighted by Crippen LogP contribution is 2.29. The van der Waals surface area contributed by atoms with Crippen molar-refractivity contribution in [1.82, 2.24) is 25.2 Å². The maximum Gasteiger partial charge on any atom is 0.407 e. The summed E-state index contributed by atoms with van der Waals surface area (Å²) in [6.07, 6.45) is 6.68. The number of hydrogen-bond acceptors (Lipinski definition) is 9. The van der Waals surface area contributed by atoms with Crippen molar-refractivity contribution in [3.05, 3.63) is 83.0 Å². The fourth-order valence-electron chi connectivity index (χ4n) is 6.70. The summed E-state index contributed by atoms with van der Waals surface area (Å²) in [6, 6.07) is 11.6. The topological polar surface area (TPSA) is 193 Å². The molecule has 306 valence electrons. The van der Waals surface area contributed by atoms with Crippen molar-refractivity contribution < 1.29 is 37.1 Å². The van der Waals surface area contributed by atoms with Crippen LogP contribution >= 0.6 is 0 Å². The van der Waals surface area contributed by atoms with Crippen LogP contribution in [0.2, 0.25) is 0 Å². The van der Waals surface area contributed by atoms with Gasteiger partial charge in [0.1, 0.15) is 23.9 Å². The molecule has 0 bridgehead atoms. The lowest BCUT2D eigenvalue weighted by atomic mass is 9.85. The van der Waals surface area contributed by atoms with Gasteiger partial charge in [-0.3, -0.25) is 23.9 Å². The van der Waals surface area contributed by atoms with E-state index >= 15 is 0 Å². The van der Waals surface area contributed by atoms with Crippen LogP contribution in [0, 0.1) is 11.3 Å². The quantitative estimate of drug-likeness (QED) is 0.144. The summed E-state index contributed by atoms with van der Waals surface area (Å²) >= 11 is 0. The molecule has 1 saturated carbocycles. The second-order valence-electron chi connectivity index (χ2n) is 15.8. The minimum absolute atomic E-state index is 0.0142. The molecule has 4 amide bonds. The number of nitrogens with one attached hydrogen (secondary N) is 4. The van der Waals surface area contributed by atoms with Crippen molar-refractivity contribution in [3.8, 4) is 17.0 Å². The predicted molar refractivity (Wildman–Crippen MR) is 219 cm³/mol. The van der Waals surface area contributed by atoms with Gasteiger partial charge in [-0.05, 0) is 61.5 Å². The largest absolute Gasteiger partial charge is 0.496 e. The van der Waals surface area contributed by atoms with Crippen molar-refractivity contribution in [2.45, 2.75) is 89.6 Å². The van der Waals surface area contributed by atoms with Gasteiger partial charge in [-0.2, -0.15) is 0 Å². The number of hydrogen-bond donors (Lipinski definition) is 4. The van der Waals surface area contributed by atoms with Crippen LogP contribution in [-0.4, -0.2) is 85.8 Å². The Morgan fingerprint density at radius 2 is 1.75 bits per heavy atom. The molecular formula is C42H53N5O9S. The van der Waals surface area contributed by atoms with Crippen molar-refractivity contribution >= 4 is 50.8 Å². The number of alkyl carbamates (subject to hydrolysis) is 1. The Labute approximate surface area is 333 Å². The summed E-state index contributed by atoms with van der Waals surface area (Å²) in [5.74, 6) is -1.47. The van der Waals surface area contributed by atoms with Crippen molar-refractivity contribution in [2.75, 3.05) is 20.3 Å². The Hall–Kier alpha value is -5.44. The summed E-state index contributed by atoms with van der Waals surface area (Å²) in [5.41, 5.74) is 2.09. The van der Waals surface area contributed by atoms with Crippen molar-refractivity contribution in [1.29, 1.82) is 0 Å². The number of H-pyrrole nitrogens is 1. The number of benzene rings is 2. The molecule has 15 heteroatoms. The molecule has 14 nitrogen and oxygen atoms in total. The van der Waals surface area contributed by atoms with Gasteiger partial charge >= 0.3 is 6.09 Å². The lowest BCUT2D eigenvalue weighted by Gasteiger charge is -2.35. The molecule has 2 heterocycles. The van der Waals surface area contributed by atoms with E-state index in [2.05, 4.69) is 26.9 Å². The first-order valence-electron chi connectivity index (χ1n) is 19.2. The van der Waals surface area contributed by atoms with E-state index in [0.717, 1.165) is 11.1 Å². The van der Waals surface area contributed by atoms with Crippen LogP contribution in [0.3, 0.4) is 0 Å². The Bertz CT molecular complexity index is 2170. The minimum atomic E-state index is -3.83. The third-order valence-electron chi connectivity index (χ3n) is 10.1.